The summed E-state index contributed by atoms with van der Waals surface area (Å²) >= 11 is 0. The van der Waals surface area contributed by atoms with E-state index < -0.39 is 0 Å². The number of benzene rings is 2. The lowest BCUT2D eigenvalue weighted by molar-refractivity contribution is -0.127. The Balaban J connectivity index is 1.32. The van der Waals surface area contributed by atoms with E-state index >= 15 is 0 Å². The third-order valence-corrected chi connectivity index (χ3v) is 5.23. The van der Waals surface area contributed by atoms with Crippen molar-refractivity contribution in [2.24, 2.45) is 0 Å². The molecule has 30 heavy (non-hydrogen) atoms. The van der Waals surface area contributed by atoms with Gasteiger partial charge in [-0.15, -0.1) is 0 Å². The van der Waals surface area contributed by atoms with Crippen LogP contribution in [0.2, 0.25) is 0 Å². The summed E-state index contributed by atoms with van der Waals surface area (Å²) in [6, 6.07) is 13.5. The van der Waals surface area contributed by atoms with Crippen molar-refractivity contribution in [1.29, 1.82) is 0 Å². The molecule has 0 N–H and O–H groups in total. The number of piperidine rings is 1. The van der Waals surface area contributed by atoms with Crippen molar-refractivity contribution in [3.05, 3.63) is 71.9 Å². The third-order valence-electron chi connectivity index (χ3n) is 5.23. The van der Waals surface area contributed by atoms with Gasteiger partial charge in [-0.05, 0) is 60.9 Å². The van der Waals surface area contributed by atoms with Gasteiger partial charge >= 0.3 is 0 Å². The molecule has 1 fully saturated rings. The van der Waals surface area contributed by atoms with E-state index in [1.165, 1.54) is 12.1 Å². The molecule has 1 aliphatic heterocycles. The number of ether oxygens (including phenoxy) is 1. The largest absolute Gasteiger partial charge is 0.497 e. The molecule has 3 aromatic rings. The van der Waals surface area contributed by atoms with Crippen molar-refractivity contribution >= 4 is 12.0 Å². The Morgan fingerprint density at radius 2 is 1.83 bits per heavy atom. The fourth-order valence-electron chi connectivity index (χ4n) is 3.45. The molecule has 0 aliphatic carbocycles. The molecular weight excluding hydrogens is 385 g/mol. The molecule has 1 amide bonds. The molecule has 1 aliphatic rings. The van der Waals surface area contributed by atoms with Gasteiger partial charge in [-0.3, -0.25) is 4.79 Å². The second-order valence-electron chi connectivity index (χ2n) is 7.17. The standard InChI is InChI=1S/C23H22FN3O3/c1-29-20-9-2-16(3-10-20)4-11-21(28)27-14-12-18(13-15-27)23-25-22(26-30-23)17-5-7-19(24)8-6-17/h2-11,18H,12-15H2,1H3/b11-4+. The van der Waals surface area contributed by atoms with Crippen LogP contribution in [0.25, 0.3) is 17.5 Å². The molecule has 2 aromatic carbocycles. The molecule has 0 atom stereocenters. The average Bonchev–Trinajstić information content (AvgIpc) is 3.29. The highest BCUT2D eigenvalue weighted by Crippen LogP contribution is 2.28. The lowest BCUT2D eigenvalue weighted by Gasteiger charge is -2.29. The summed E-state index contributed by atoms with van der Waals surface area (Å²) in [6.45, 7) is 1.26. The van der Waals surface area contributed by atoms with Crippen LogP contribution in [-0.2, 0) is 4.79 Å². The van der Waals surface area contributed by atoms with Gasteiger partial charge in [0.2, 0.25) is 17.6 Å². The Labute approximate surface area is 174 Å². The highest BCUT2D eigenvalue weighted by atomic mass is 19.1. The zero-order valence-corrected chi connectivity index (χ0v) is 16.6. The number of amides is 1. The first kappa shape index (κ1) is 19.8. The molecule has 0 radical (unpaired) electrons. The molecule has 6 nitrogen and oxygen atoms in total. The maximum atomic E-state index is 13.1. The van der Waals surface area contributed by atoms with Crippen molar-refractivity contribution in [1.82, 2.24) is 15.0 Å². The molecular formula is C23H22FN3O3. The Morgan fingerprint density at radius 1 is 1.13 bits per heavy atom. The van der Waals surface area contributed by atoms with Crippen LogP contribution < -0.4 is 4.74 Å². The van der Waals surface area contributed by atoms with Gasteiger partial charge in [-0.1, -0.05) is 17.3 Å². The predicted molar refractivity (Wildman–Crippen MR) is 110 cm³/mol. The lowest BCUT2D eigenvalue weighted by Crippen LogP contribution is -2.36. The third kappa shape index (κ3) is 4.56. The smallest absolute Gasteiger partial charge is 0.246 e. The number of nitrogens with zero attached hydrogens (tertiary/aromatic N) is 3. The molecule has 4 rings (SSSR count). The van der Waals surface area contributed by atoms with Crippen LogP contribution in [0.15, 0.2) is 59.1 Å². The minimum atomic E-state index is -0.305. The topological polar surface area (TPSA) is 68.5 Å². The molecule has 2 heterocycles. The fourth-order valence-corrected chi connectivity index (χ4v) is 3.45. The van der Waals surface area contributed by atoms with E-state index in [0.717, 1.165) is 24.2 Å². The molecule has 0 spiro atoms. The zero-order valence-electron chi connectivity index (χ0n) is 16.6. The van der Waals surface area contributed by atoms with E-state index in [9.17, 15) is 9.18 Å². The average molecular weight is 407 g/mol. The molecule has 1 aromatic heterocycles. The summed E-state index contributed by atoms with van der Waals surface area (Å²) in [7, 11) is 1.62. The first-order valence-corrected chi connectivity index (χ1v) is 9.83. The minimum absolute atomic E-state index is 0.0122. The number of halogens is 1. The number of carbonyl (C=O) groups is 1. The molecule has 154 valence electrons. The number of likely N-dealkylation sites (tertiary alicyclic amines) is 1. The predicted octanol–water partition coefficient (Wildman–Crippen LogP) is 4.30. The van der Waals surface area contributed by atoms with Gasteiger partial charge < -0.3 is 14.2 Å². The van der Waals surface area contributed by atoms with Gasteiger partial charge in [0, 0.05) is 30.6 Å². The van der Waals surface area contributed by atoms with Crippen molar-refractivity contribution in [3.63, 3.8) is 0 Å². The number of carbonyl (C=O) groups excluding carboxylic acids is 1. The maximum Gasteiger partial charge on any atom is 0.246 e. The Bertz CT molecular complexity index is 1020. The van der Waals surface area contributed by atoms with Crippen molar-refractivity contribution < 1.29 is 18.4 Å². The van der Waals surface area contributed by atoms with E-state index in [2.05, 4.69) is 10.1 Å². The molecule has 7 heteroatoms. The fraction of sp³-hybridized carbons (Fsp3) is 0.261. The van der Waals surface area contributed by atoms with Gasteiger partial charge in [0.05, 0.1) is 7.11 Å². The normalized spacial score (nSPS) is 14.9. The number of methoxy groups -OCH3 is 1. The second-order valence-corrected chi connectivity index (χ2v) is 7.17. The SMILES string of the molecule is COc1ccc(/C=C/C(=O)N2CCC(c3nc(-c4ccc(F)cc4)no3)CC2)cc1. The van der Waals surface area contributed by atoms with E-state index in [4.69, 9.17) is 9.26 Å². The Morgan fingerprint density at radius 3 is 2.50 bits per heavy atom. The van der Waals surface area contributed by atoms with E-state index in [1.54, 1.807) is 31.4 Å². The summed E-state index contributed by atoms with van der Waals surface area (Å²) in [5, 5.41) is 4.01. The molecule has 0 unspecified atom stereocenters. The van der Waals surface area contributed by atoms with Crippen LogP contribution in [0, 0.1) is 5.82 Å². The van der Waals surface area contributed by atoms with E-state index in [1.807, 2.05) is 29.2 Å². The highest BCUT2D eigenvalue weighted by molar-refractivity contribution is 5.91. The maximum absolute atomic E-state index is 13.1. The minimum Gasteiger partial charge on any atom is -0.497 e. The Kier molecular flexibility index (Phi) is 5.88. The summed E-state index contributed by atoms with van der Waals surface area (Å²) in [5.41, 5.74) is 1.65. The monoisotopic (exact) mass is 407 g/mol. The van der Waals surface area contributed by atoms with Crippen molar-refractivity contribution in [2.75, 3.05) is 20.2 Å². The van der Waals surface area contributed by atoms with Gasteiger partial charge in [0.15, 0.2) is 0 Å². The summed E-state index contributed by atoms with van der Waals surface area (Å²) < 4.78 is 23.6. The highest BCUT2D eigenvalue weighted by Gasteiger charge is 2.27. The molecule has 1 saturated heterocycles. The van der Waals surface area contributed by atoms with Crippen LogP contribution in [0.1, 0.15) is 30.2 Å². The van der Waals surface area contributed by atoms with Gasteiger partial charge in [-0.25, -0.2) is 4.39 Å². The summed E-state index contributed by atoms with van der Waals surface area (Å²) in [6.07, 6.45) is 4.92. The lowest BCUT2D eigenvalue weighted by atomic mass is 9.96. The molecule has 0 bridgehead atoms. The summed E-state index contributed by atoms with van der Waals surface area (Å²) in [5.74, 6) is 1.59. The van der Waals surface area contributed by atoms with Crippen LogP contribution in [0.5, 0.6) is 5.75 Å². The van der Waals surface area contributed by atoms with Gasteiger partial charge in [0.1, 0.15) is 11.6 Å². The number of rotatable bonds is 5. The second kappa shape index (κ2) is 8.90. The summed E-state index contributed by atoms with van der Waals surface area (Å²) in [4.78, 5) is 18.8. The Hall–Kier alpha value is -3.48. The quantitative estimate of drug-likeness (QED) is 0.590. The van der Waals surface area contributed by atoms with Crippen molar-refractivity contribution in [3.8, 4) is 17.1 Å². The number of aromatic nitrogens is 2. The van der Waals surface area contributed by atoms with Crippen LogP contribution in [0.4, 0.5) is 4.39 Å². The van der Waals surface area contributed by atoms with Crippen LogP contribution in [-0.4, -0.2) is 41.1 Å². The molecule has 0 saturated carbocycles. The van der Waals surface area contributed by atoms with Crippen LogP contribution in [0.3, 0.4) is 0 Å². The first-order valence-electron chi connectivity index (χ1n) is 9.83. The first-order chi connectivity index (χ1) is 14.6. The number of hydrogen-bond donors (Lipinski definition) is 0. The number of hydrogen-bond acceptors (Lipinski definition) is 5. The van der Waals surface area contributed by atoms with Gasteiger partial charge in [0.25, 0.3) is 0 Å². The zero-order chi connectivity index (χ0) is 20.9. The van der Waals surface area contributed by atoms with Crippen molar-refractivity contribution in [2.45, 2.75) is 18.8 Å². The van der Waals surface area contributed by atoms with E-state index in [-0.39, 0.29) is 17.6 Å². The van der Waals surface area contributed by atoms with Crippen LogP contribution >= 0.6 is 0 Å². The van der Waals surface area contributed by atoms with Gasteiger partial charge in [-0.2, -0.15) is 4.98 Å². The van der Waals surface area contributed by atoms with E-state index in [0.29, 0.717) is 30.4 Å².